The van der Waals surface area contributed by atoms with Crippen molar-refractivity contribution in [2.45, 2.75) is 20.3 Å². The van der Waals surface area contributed by atoms with Crippen molar-refractivity contribution < 1.29 is 4.79 Å². The van der Waals surface area contributed by atoms with Crippen LogP contribution in [0.15, 0.2) is 53.5 Å². The van der Waals surface area contributed by atoms with Crippen LogP contribution < -0.4 is 0 Å². The topological polar surface area (TPSA) is 29.4 Å². The van der Waals surface area contributed by atoms with Gasteiger partial charge < -0.3 is 0 Å². The van der Waals surface area contributed by atoms with Crippen molar-refractivity contribution in [1.29, 1.82) is 0 Å². The zero-order chi connectivity index (χ0) is 13.7. The van der Waals surface area contributed by atoms with E-state index in [1.807, 2.05) is 62.4 Å². The lowest BCUT2D eigenvalue weighted by molar-refractivity contribution is 0.100. The number of hydrogen-bond donors (Lipinski definition) is 0. The average Bonchev–Trinajstić information content (AvgIpc) is 2.43. The SMILES string of the molecule is Cc1cccc(C)c1N=CCC(=O)c1ccccc1. The van der Waals surface area contributed by atoms with Crippen molar-refractivity contribution >= 4 is 17.7 Å². The Morgan fingerprint density at radius 2 is 1.63 bits per heavy atom. The van der Waals surface area contributed by atoms with E-state index < -0.39 is 0 Å². The van der Waals surface area contributed by atoms with Crippen LogP contribution in [-0.4, -0.2) is 12.0 Å². The number of rotatable bonds is 4. The van der Waals surface area contributed by atoms with Crippen LogP contribution >= 0.6 is 0 Å². The molecule has 0 aromatic heterocycles. The van der Waals surface area contributed by atoms with Gasteiger partial charge in [-0.1, -0.05) is 48.5 Å². The van der Waals surface area contributed by atoms with Crippen molar-refractivity contribution in [2.24, 2.45) is 4.99 Å². The third kappa shape index (κ3) is 3.38. The molecule has 2 aromatic rings. The molecule has 0 unspecified atom stereocenters. The standard InChI is InChI=1S/C17H17NO/c1-13-7-6-8-14(2)17(13)18-12-11-16(19)15-9-4-3-5-10-15/h3-10,12H,11H2,1-2H3. The normalized spacial score (nSPS) is 10.8. The van der Waals surface area contributed by atoms with Gasteiger partial charge in [0, 0.05) is 18.2 Å². The molecule has 2 aromatic carbocycles. The summed E-state index contributed by atoms with van der Waals surface area (Å²) in [5, 5.41) is 0. The summed E-state index contributed by atoms with van der Waals surface area (Å²) < 4.78 is 0. The maximum Gasteiger partial charge on any atom is 0.168 e. The van der Waals surface area contributed by atoms with Crippen molar-refractivity contribution in [2.75, 3.05) is 0 Å². The van der Waals surface area contributed by atoms with Crippen LogP contribution in [0.4, 0.5) is 5.69 Å². The lowest BCUT2D eigenvalue weighted by atomic mass is 10.1. The molecule has 0 saturated carbocycles. The highest BCUT2D eigenvalue weighted by molar-refractivity contribution is 6.03. The first kappa shape index (κ1) is 13.2. The predicted molar refractivity (Wildman–Crippen MR) is 79.5 cm³/mol. The van der Waals surface area contributed by atoms with Gasteiger partial charge in [0.05, 0.1) is 5.69 Å². The predicted octanol–water partition coefficient (Wildman–Crippen LogP) is 4.28. The molecule has 0 aliphatic rings. The average molecular weight is 251 g/mol. The van der Waals surface area contributed by atoms with Crippen LogP contribution in [0.25, 0.3) is 0 Å². The van der Waals surface area contributed by atoms with E-state index >= 15 is 0 Å². The zero-order valence-corrected chi connectivity index (χ0v) is 11.3. The highest BCUT2D eigenvalue weighted by atomic mass is 16.1. The number of nitrogens with zero attached hydrogens (tertiary/aromatic N) is 1. The number of aliphatic imine (C=N–C) groups is 1. The third-order valence-corrected chi connectivity index (χ3v) is 3.03. The van der Waals surface area contributed by atoms with Gasteiger partial charge >= 0.3 is 0 Å². The fourth-order valence-electron chi connectivity index (χ4n) is 1.97. The van der Waals surface area contributed by atoms with Gasteiger partial charge in [0.25, 0.3) is 0 Å². The van der Waals surface area contributed by atoms with Gasteiger partial charge in [0.2, 0.25) is 0 Å². The van der Waals surface area contributed by atoms with Crippen LogP contribution in [0.5, 0.6) is 0 Å². The highest BCUT2D eigenvalue weighted by Crippen LogP contribution is 2.22. The fraction of sp³-hybridized carbons (Fsp3) is 0.176. The van der Waals surface area contributed by atoms with E-state index in [1.54, 1.807) is 6.21 Å². The Bertz CT molecular complexity index is 580. The molecule has 0 atom stereocenters. The number of benzene rings is 2. The van der Waals surface area contributed by atoms with Gasteiger partial charge in [-0.15, -0.1) is 0 Å². The number of hydrogen-bond acceptors (Lipinski definition) is 2. The first-order valence-corrected chi connectivity index (χ1v) is 6.35. The van der Waals surface area contributed by atoms with E-state index in [-0.39, 0.29) is 5.78 Å². The molecule has 0 spiro atoms. The van der Waals surface area contributed by atoms with Crippen molar-refractivity contribution in [3.8, 4) is 0 Å². The number of carbonyl (C=O) groups is 1. The minimum atomic E-state index is 0.0931. The van der Waals surface area contributed by atoms with Gasteiger partial charge in [0.15, 0.2) is 5.78 Å². The van der Waals surface area contributed by atoms with E-state index in [4.69, 9.17) is 0 Å². The van der Waals surface area contributed by atoms with Gasteiger partial charge in [-0.25, -0.2) is 0 Å². The second-order valence-corrected chi connectivity index (χ2v) is 4.55. The molecule has 0 bridgehead atoms. The summed E-state index contributed by atoms with van der Waals surface area (Å²) in [6.07, 6.45) is 2.03. The van der Waals surface area contributed by atoms with Gasteiger partial charge in [0.1, 0.15) is 0 Å². The fourth-order valence-corrected chi connectivity index (χ4v) is 1.97. The maximum atomic E-state index is 11.9. The molecular formula is C17H17NO. The summed E-state index contributed by atoms with van der Waals surface area (Å²) in [4.78, 5) is 16.3. The first-order chi connectivity index (χ1) is 9.18. The van der Waals surface area contributed by atoms with Crippen LogP contribution in [0.3, 0.4) is 0 Å². The monoisotopic (exact) mass is 251 g/mol. The first-order valence-electron chi connectivity index (χ1n) is 6.35. The molecule has 0 aliphatic carbocycles. The number of ketones is 1. The molecule has 0 amide bonds. The number of carbonyl (C=O) groups excluding carboxylic acids is 1. The lowest BCUT2D eigenvalue weighted by Crippen LogP contribution is -1.98. The molecular weight excluding hydrogens is 234 g/mol. The molecule has 2 nitrogen and oxygen atoms in total. The molecule has 0 heterocycles. The zero-order valence-electron chi connectivity index (χ0n) is 11.3. The Balaban J connectivity index is 2.07. The Hall–Kier alpha value is -2.22. The van der Waals surface area contributed by atoms with Crippen LogP contribution in [0.2, 0.25) is 0 Å². The van der Waals surface area contributed by atoms with Gasteiger partial charge in [-0.3, -0.25) is 9.79 Å². The van der Waals surface area contributed by atoms with E-state index in [0.29, 0.717) is 6.42 Å². The van der Waals surface area contributed by atoms with Crippen molar-refractivity contribution in [3.05, 3.63) is 65.2 Å². The summed E-state index contributed by atoms with van der Waals surface area (Å²) >= 11 is 0. The van der Waals surface area contributed by atoms with E-state index in [9.17, 15) is 4.79 Å². The minimum absolute atomic E-state index is 0.0931. The molecule has 2 rings (SSSR count). The summed E-state index contributed by atoms with van der Waals surface area (Å²) in [5.74, 6) is 0.0931. The minimum Gasteiger partial charge on any atom is -0.294 e. The number of Topliss-reactive ketones (excluding diaryl/α,β-unsaturated/α-hetero) is 1. The molecule has 96 valence electrons. The largest absolute Gasteiger partial charge is 0.294 e. The van der Waals surface area contributed by atoms with Crippen molar-refractivity contribution in [3.63, 3.8) is 0 Å². The highest BCUT2D eigenvalue weighted by Gasteiger charge is 2.03. The summed E-state index contributed by atoms with van der Waals surface area (Å²) in [7, 11) is 0. The Kier molecular flexibility index (Phi) is 4.24. The maximum absolute atomic E-state index is 11.9. The Morgan fingerprint density at radius 3 is 2.26 bits per heavy atom. The second kappa shape index (κ2) is 6.10. The Labute approximate surface area is 113 Å². The lowest BCUT2D eigenvalue weighted by Gasteiger charge is -2.03. The van der Waals surface area contributed by atoms with Gasteiger partial charge in [-0.2, -0.15) is 0 Å². The quantitative estimate of drug-likeness (QED) is 0.589. The van der Waals surface area contributed by atoms with Crippen molar-refractivity contribution in [1.82, 2.24) is 0 Å². The molecule has 0 N–H and O–H groups in total. The van der Waals surface area contributed by atoms with Crippen LogP contribution in [-0.2, 0) is 0 Å². The second-order valence-electron chi connectivity index (χ2n) is 4.55. The molecule has 2 heteroatoms. The third-order valence-electron chi connectivity index (χ3n) is 3.03. The summed E-state index contributed by atoms with van der Waals surface area (Å²) in [6.45, 7) is 4.05. The molecule has 0 fully saturated rings. The smallest absolute Gasteiger partial charge is 0.168 e. The van der Waals surface area contributed by atoms with Crippen LogP contribution in [0.1, 0.15) is 27.9 Å². The van der Waals surface area contributed by atoms with E-state index in [1.165, 1.54) is 0 Å². The van der Waals surface area contributed by atoms with E-state index in [0.717, 1.165) is 22.4 Å². The Morgan fingerprint density at radius 1 is 1.00 bits per heavy atom. The summed E-state index contributed by atoms with van der Waals surface area (Å²) in [6, 6.07) is 15.4. The molecule has 0 radical (unpaired) electrons. The number of aryl methyl sites for hydroxylation is 2. The number of para-hydroxylation sites is 1. The molecule has 0 saturated heterocycles. The summed E-state index contributed by atoms with van der Waals surface area (Å²) in [5.41, 5.74) is 3.95. The van der Waals surface area contributed by atoms with Gasteiger partial charge in [-0.05, 0) is 25.0 Å². The molecule has 19 heavy (non-hydrogen) atoms. The van der Waals surface area contributed by atoms with Crippen LogP contribution in [0, 0.1) is 13.8 Å². The molecule has 0 aliphatic heterocycles. The van der Waals surface area contributed by atoms with E-state index in [2.05, 4.69) is 4.99 Å².